The van der Waals surface area contributed by atoms with E-state index in [4.69, 9.17) is 4.74 Å². The van der Waals surface area contributed by atoms with E-state index in [1.54, 1.807) is 13.2 Å². The van der Waals surface area contributed by atoms with Gasteiger partial charge in [0.15, 0.2) is 0 Å². The molecule has 0 aliphatic carbocycles. The molecule has 0 aliphatic heterocycles. The van der Waals surface area contributed by atoms with Crippen LogP contribution in [-0.4, -0.2) is 15.2 Å². The van der Waals surface area contributed by atoms with Crippen molar-refractivity contribution in [1.82, 2.24) is 0 Å². The van der Waals surface area contributed by atoms with E-state index in [0.29, 0.717) is 16.9 Å². The third-order valence-corrected chi connectivity index (χ3v) is 4.80. The van der Waals surface area contributed by atoms with Crippen molar-refractivity contribution >= 4 is 18.8 Å². The van der Waals surface area contributed by atoms with E-state index in [1.807, 2.05) is 42.5 Å². The minimum absolute atomic E-state index is 0.282. The third kappa shape index (κ3) is 3.75. The number of ether oxygens (including phenoxy) is 1. The smallest absolute Gasteiger partial charge is 0.132 e. The van der Waals surface area contributed by atoms with E-state index in [0.717, 1.165) is 16.3 Å². The Bertz CT molecular complexity index is 990. The molecule has 0 N–H and O–H groups in total. The molecule has 3 rings (SSSR count). The van der Waals surface area contributed by atoms with Crippen molar-refractivity contribution < 1.29 is 9.13 Å². The molecule has 3 heteroatoms. The van der Waals surface area contributed by atoms with E-state index in [2.05, 4.69) is 31.1 Å². The predicted molar refractivity (Wildman–Crippen MR) is 106 cm³/mol. The molecule has 0 aromatic heterocycles. The fourth-order valence-electron chi connectivity index (χ4n) is 2.74. The summed E-state index contributed by atoms with van der Waals surface area (Å²) in [6.45, 7) is 6.53. The Balaban J connectivity index is 2.29. The Morgan fingerprint density at radius 1 is 0.920 bits per heavy atom. The summed E-state index contributed by atoms with van der Waals surface area (Å²) in [5.74, 6) is 3.58. The minimum Gasteiger partial charge on any atom is -0.496 e. The molecule has 1 nitrogen and oxygen atoms in total. The van der Waals surface area contributed by atoms with Gasteiger partial charge >= 0.3 is 0 Å². The lowest BCUT2D eigenvalue weighted by Gasteiger charge is -2.13. The van der Waals surface area contributed by atoms with Gasteiger partial charge in [0.1, 0.15) is 19.6 Å². The summed E-state index contributed by atoms with van der Waals surface area (Å²) < 4.78 is 20.3. The zero-order chi connectivity index (χ0) is 18.0. The predicted octanol–water partition coefficient (Wildman–Crippen LogP) is 5.88. The highest BCUT2D eigenvalue weighted by Gasteiger charge is 2.16. The largest absolute Gasteiger partial charge is 0.496 e. The van der Waals surface area contributed by atoms with Crippen molar-refractivity contribution in [2.75, 3.05) is 7.11 Å². The van der Waals surface area contributed by atoms with E-state index < -0.39 is 8.07 Å². The van der Waals surface area contributed by atoms with Gasteiger partial charge in [0.05, 0.1) is 7.11 Å². The highest BCUT2D eigenvalue weighted by Crippen LogP contribution is 2.37. The van der Waals surface area contributed by atoms with E-state index in [9.17, 15) is 4.39 Å². The maximum atomic E-state index is 14.8. The number of fused-ring (bicyclic) bond motifs is 1. The quantitative estimate of drug-likeness (QED) is 0.415. The summed E-state index contributed by atoms with van der Waals surface area (Å²) in [7, 11) is 0.0513. The number of hydrogen-bond acceptors (Lipinski definition) is 1. The van der Waals surface area contributed by atoms with Gasteiger partial charge in [-0.2, -0.15) is 0 Å². The molecule has 0 aliphatic rings. The van der Waals surface area contributed by atoms with Crippen LogP contribution < -0.4 is 4.74 Å². The molecule has 0 atom stereocenters. The highest BCUT2D eigenvalue weighted by atomic mass is 28.3. The second-order valence-electron chi connectivity index (χ2n) is 7.06. The monoisotopic (exact) mass is 348 g/mol. The maximum absolute atomic E-state index is 14.8. The van der Waals surface area contributed by atoms with Crippen LogP contribution in [0.2, 0.25) is 19.6 Å². The lowest BCUT2D eigenvalue weighted by molar-refractivity contribution is 0.416. The molecule has 126 valence electrons. The molecule has 0 radical (unpaired) electrons. The number of halogens is 1. The summed E-state index contributed by atoms with van der Waals surface area (Å²) in [5, 5.41) is 2.11. The Morgan fingerprint density at radius 3 is 2.24 bits per heavy atom. The second-order valence-corrected chi connectivity index (χ2v) is 11.8. The van der Waals surface area contributed by atoms with Gasteiger partial charge < -0.3 is 4.74 Å². The van der Waals surface area contributed by atoms with E-state index in [-0.39, 0.29) is 5.82 Å². The SMILES string of the molecule is COc1cc2ccccc2cc1-c1c(F)cccc1C#C[Si](C)(C)C. The topological polar surface area (TPSA) is 9.23 Å². The van der Waals surface area contributed by atoms with Crippen LogP contribution in [0.5, 0.6) is 5.75 Å². The van der Waals surface area contributed by atoms with Crippen molar-refractivity contribution in [3.8, 4) is 28.3 Å². The normalized spacial score (nSPS) is 11.1. The zero-order valence-corrected chi connectivity index (χ0v) is 16.0. The first kappa shape index (κ1) is 17.3. The Kier molecular flexibility index (Phi) is 4.65. The van der Waals surface area contributed by atoms with Gasteiger partial charge in [0, 0.05) is 16.7 Å². The van der Waals surface area contributed by atoms with Gasteiger partial charge in [-0.3, -0.25) is 0 Å². The minimum atomic E-state index is -1.56. The van der Waals surface area contributed by atoms with E-state index >= 15 is 0 Å². The summed E-state index contributed by atoms with van der Waals surface area (Å²) in [6, 6.07) is 17.0. The molecule has 0 bridgehead atoms. The van der Waals surface area contributed by atoms with Crippen molar-refractivity contribution in [2.24, 2.45) is 0 Å². The van der Waals surface area contributed by atoms with Crippen molar-refractivity contribution in [3.05, 3.63) is 66.0 Å². The summed E-state index contributed by atoms with van der Waals surface area (Å²) >= 11 is 0. The summed E-state index contributed by atoms with van der Waals surface area (Å²) in [4.78, 5) is 0. The molecule has 0 spiro atoms. The van der Waals surface area contributed by atoms with E-state index in [1.165, 1.54) is 6.07 Å². The Hall–Kier alpha value is -2.57. The second kappa shape index (κ2) is 6.74. The van der Waals surface area contributed by atoms with Crippen LogP contribution in [0.4, 0.5) is 4.39 Å². The molecule has 0 amide bonds. The molecular weight excluding hydrogens is 327 g/mol. The first-order valence-corrected chi connectivity index (χ1v) is 11.8. The first-order chi connectivity index (χ1) is 11.9. The molecular formula is C22H21FOSi. The highest BCUT2D eigenvalue weighted by molar-refractivity contribution is 6.83. The standard InChI is InChI=1S/C22H21FOSi/c1-24-21-15-18-9-6-5-8-17(18)14-19(21)22-16(10-7-11-20(22)23)12-13-25(2,3)4/h5-11,14-15H,1-4H3. The van der Waals surface area contributed by atoms with Crippen LogP contribution in [0, 0.1) is 17.3 Å². The molecule has 3 aromatic rings. The van der Waals surface area contributed by atoms with Crippen LogP contribution in [0.3, 0.4) is 0 Å². The Morgan fingerprint density at radius 2 is 1.60 bits per heavy atom. The summed E-state index contributed by atoms with van der Waals surface area (Å²) in [6.07, 6.45) is 0. The van der Waals surface area contributed by atoms with Crippen LogP contribution >= 0.6 is 0 Å². The molecule has 0 fully saturated rings. The maximum Gasteiger partial charge on any atom is 0.132 e. The number of rotatable bonds is 2. The van der Waals surface area contributed by atoms with Crippen LogP contribution in [0.25, 0.3) is 21.9 Å². The number of methoxy groups -OCH3 is 1. The average Bonchev–Trinajstić information content (AvgIpc) is 2.58. The van der Waals surface area contributed by atoms with Gasteiger partial charge in [0.25, 0.3) is 0 Å². The zero-order valence-electron chi connectivity index (χ0n) is 15.0. The third-order valence-electron chi connectivity index (χ3n) is 3.92. The van der Waals surface area contributed by atoms with Gasteiger partial charge in [-0.1, -0.05) is 55.9 Å². The fourth-order valence-corrected chi connectivity index (χ4v) is 3.25. The Labute approximate surface area is 149 Å². The van der Waals surface area contributed by atoms with Crippen LogP contribution in [0.1, 0.15) is 5.56 Å². The molecule has 3 aromatic carbocycles. The van der Waals surface area contributed by atoms with Crippen molar-refractivity contribution in [1.29, 1.82) is 0 Å². The lowest BCUT2D eigenvalue weighted by atomic mass is 9.96. The van der Waals surface area contributed by atoms with Gasteiger partial charge in [-0.25, -0.2) is 4.39 Å². The molecule has 0 saturated carbocycles. The summed E-state index contributed by atoms with van der Waals surface area (Å²) in [5.41, 5.74) is 5.28. The number of hydrogen-bond donors (Lipinski definition) is 0. The van der Waals surface area contributed by atoms with Gasteiger partial charge in [0.2, 0.25) is 0 Å². The van der Waals surface area contributed by atoms with Crippen molar-refractivity contribution in [2.45, 2.75) is 19.6 Å². The van der Waals surface area contributed by atoms with Crippen molar-refractivity contribution in [3.63, 3.8) is 0 Å². The lowest BCUT2D eigenvalue weighted by Crippen LogP contribution is -2.16. The molecule has 0 saturated heterocycles. The van der Waals surface area contributed by atoms with Gasteiger partial charge in [-0.05, 0) is 35.0 Å². The average molecular weight is 348 g/mol. The molecule has 0 heterocycles. The first-order valence-electron chi connectivity index (χ1n) is 8.28. The molecule has 25 heavy (non-hydrogen) atoms. The van der Waals surface area contributed by atoms with Crippen LogP contribution in [-0.2, 0) is 0 Å². The van der Waals surface area contributed by atoms with Gasteiger partial charge in [-0.15, -0.1) is 5.54 Å². The van der Waals surface area contributed by atoms with Crippen LogP contribution in [0.15, 0.2) is 54.6 Å². The number of benzene rings is 3. The fraction of sp³-hybridized carbons (Fsp3) is 0.182. The molecule has 0 unspecified atom stereocenters.